The van der Waals surface area contributed by atoms with E-state index < -0.39 is 6.10 Å². The van der Waals surface area contributed by atoms with Gasteiger partial charge in [0.1, 0.15) is 0 Å². The Morgan fingerprint density at radius 3 is 2.40 bits per heavy atom. The van der Waals surface area contributed by atoms with Gasteiger partial charge in [-0.2, -0.15) is 0 Å². The summed E-state index contributed by atoms with van der Waals surface area (Å²) in [5, 5.41) is 9.46. The molecule has 90 valence electrons. The zero-order chi connectivity index (χ0) is 11.7. The van der Waals surface area contributed by atoms with Gasteiger partial charge < -0.3 is 9.84 Å². The summed E-state index contributed by atoms with van der Waals surface area (Å²) in [6.45, 7) is 5.98. The Kier molecular flexibility index (Phi) is 8.38. The van der Waals surface area contributed by atoms with Gasteiger partial charge in [0, 0.05) is 0 Å². The van der Waals surface area contributed by atoms with Crippen LogP contribution >= 0.6 is 0 Å². The number of carbonyl (C=O) groups excluding carboxylic acids is 1. The maximum absolute atomic E-state index is 11.5. The first-order valence-electron chi connectivity index (χ1n) is 5.98. The fourth-order valence-corrected chi connectivity index (χ4v) is 1.60. The molecule has 0 saturated carbocycles. The molecular formula is C12H24O3. The number of hydrogen-bond donors (Lipinski definition) is 1. The minimum Gasteiger partial charge on any atom is -0.466 e. The van der Waals surface area contributed by atoms with Crippen molar-refractivity contribution in [3.05, 3.63) is 0 Å². The van der Waals surface area contributed by atoms with Crippen molar-refractivity contribution in [1.82, 2.24) is 0 Å². The van der Waals surface area contributed by atoms with Crippen LogP contribution in [0.25, 0.3) is 0 Å². The quantitative estimate of drug-likeness (QED) is 0.501. The number of hydrogen-bond acceptors (Lipinski definition) is 3. The number of aliphatic hydroxyl groups excluding tert-OH is 1. The predicted molar refractivity (Wildman–Crippen MR) is 60.6 cm³/mol. The van der Waals surface area contributed by atoms with E-state index in [4.69, 9.17) is 4.74 Å². The lowest BCUT2D eigenvalue weighted by molar-refractivity contribution is -0.152. The molecule has 2 unspecified atom stereocenters. The minimum atomic E-state index is -0.606. The number of rotatable bonds is 8. The van der Waals surface area contributed by atoms with E-state index in [1.54, 1.807) is 13.8 Å². The van der Waals surface area contributed by atoms with Crippen molar-refractivity contribution >= 4 is 5.97 Å². The van der Waals surface area contributed by atoms with E-state index in [1.807, 2.05) is 0 Å². The molecule has 0 radical (unpaired) electrons. The van der Waals surface area contributed by atoms with Crippen LogP contribution in [0.15, 0.2) is 0 Å². The predicted octanol–water partition coefficient (Wildman–Crippen LogP) is 2.52. The van der Waals surface area contributed by atoms with Crippen LogP contribution in [0.3, 0.4) is 0 Å². The zero-order valence-electron chi connectivity index (χ0n) is 10.2. The van der Waals surface area contributed by atoms with E-state index in [1.165, 1.54) is 12.8 Å². The number of ether oxygens (including phenoxy) is 1. The second-order valence-corrected chi connectivity index (χ2v) is 3.95. The Balaban J connectivity index is 3.88. The Hall–Kier alpha value is -0.570. The molecule has 0 aliphatic carbocycles. The third-order valence-electron chi connectivity index (χ3n) is 2.54. The molecule has 2 atom stereocenters. The molecule has 0 aromatic carbocycles. The fourth-order valence-electron chi connectivity index (χ4n) is 1.60. The zero-order valence-corrected chi connectivity index (χ0v) is 10.2. The molecular weight excluding hydrogens is 192 g/mol. The van der Waals surface area contributed by atoms with E-state index in [0.717, 1.165) is 19.3 Å². The molecule has 1 N–H and O–H groups in total. The Labute approximate surface area is 92.8 Å². The molecule has 15 heavy (non-hydrogen) atoms. The van der Waals surface area contributed by atoms with Crippen molar-refractivity contribution in [3.8, 4) is 0 Å². The average Bonchev–Trinajstić information content (AvgIpc) is 2.17. The Bertz CT molecular complexity index is 166. The van der Waals surface area contributed by atoms with Gasteiger partial charge in [0.2, 0.25) is 0 Å². The van der Waals surface area contributed by atoms with Crippen LogP contribution in [0.5, 0.6) is 0 Å². The summed E-state index contributed by atoms with van der Waals surface area (Å²) < 4.78 is 4.92. The third kappa shape index (κ3) is 6.50. The monoisotopic (exact) mass is 216 g/mol. The minimum absolute atomic E-state index is 0.260. The molecule has 3 nitrogen and oxygen atoms in total. The van der Waals surface area contributed by atoms with Gasteiger partial charge in [0.15, 0.2) is 0 Å². The maximum Gasteiger partial charge on any atom is 0.311 e. The highest BCUT2D eigenvalue weighted by Crippen LogP contribution is 2.16. The normalized spacial score (nSPS) is 14.7. The first-order chi connectivity index (χ1) is 7.13. The largest absolute Gasteiger partial charge is 0.466 e. The maximum atomic E-state index is 11.5. The van der Waals surface area contributed by atoms with Crippen LogP contribution in [0.1, 0.15) is 52.9 Å². The van der Waals surface area contributed by atoms with E-state index in [-0.39, 0.29) is 11.9 Å². The van der Waals surface area contributed by atoms with Gasteiger partial charge >= 0.3 is 5.97 Å². The smallest absolute Gasteiger partial charge is 0.311 e. The van der Waals surface area contributed by atoms with E-state index in [9.17, 15) is 9.90 Å². The summed E-state index contributed by atoms with van der Waals surface area (Å²) >= 11 is 0. The van der Waals surface area contributed by atoms with Crippen LogP contribution in [0, 0.1) is 5.92 Å². The highest BCUT2D eigenvalue weighted by Gasteiger charge is 2.24. The number of carbonyl (C=O) groups is 1. The van der Waals surface area contributed by atoms with Crippen LogP contribution in [-0.4, -0.2) is 23.8 Å². The molecule has 0 bridgehead atoms. The molecule has 0 aromatic heterocycles. The van der Waals surface area contributed by atoms with E-state index in [2.05, 4.69) is 6.92 Å². The van der Waals surface area contributed by atoms with Gasteiger partial charge in [-0.3, -0.25) is 4.79 Å². The molecule has 0 aliphatic heterocycles. The second-order valence-electron chi connectivity index (χ2n) is 3.95. The van der Waals surface area contributed by atoms with Gasteiger partial charge in [-0.15, -0.1) is 0 Å². The van der Waals surface area contributed by atoms with Crippen molar-refractivity contribution < 1.29 is 14.6 Å². The molecule has 0 fully saturated rings. The summed E-state index contributed by atoms with van der Waals surface area (Å²) in [6, 6.07) is 0. The van der Waals surface area contributed by atoms with Gasteiger partial charge in [0.05, 0.1) is 18.6 Å². The van der Waals surface area contributed by atoms with Crippen LogP contribution in [-0.2, 0) is 9.53 Å². The lowest BCUT2D eigenvalue weighted by Crippen LogP contribution is -2.27. The molecule has 0 aliphatic rings. The SMILES string of the molecule is CCCCCCC(C(=O)OCC)C(C)O. The van der Waals surface area contributed by atoms with E-state index in [0.29, 0.717) is 6.61 Å². The molecule has 0 amide bonds. The summed E-state index contributed by atoms with van der Waals surface area (Å²) in [7, 11) is 0. The topological polar surface area (TPSA) is 46.5 Å². The number of esters is 1. The molecule has 0 heterocycles. The van der Waals surface area contributed by atoms with Crippen molar-refractivity contribution in [3.63, 3.8) is 0 Å². The van der Waals surface area contributed by atoms with Crippen molar-refractivity contribution in [2.75, 3.05) is 6.61 Å². The third-order valence-corrected chi connectivity index (χ3v) is 2.54. The first kappa shape index (κ1) is 14.4. The second kappa shape index (κ2) is 8.72. The Morgan fingerprint density at radius 1 is 1.27 bits per heavy atom. The molecule has 0 spiro atoms. The molecule has 0 aromatic rings. The van der Waals surface area contributed by atoms with Crippen LogP contribution in [0.2, 0.25) is 0 Å². The highest BCUT2D eigenvalue weighted by atomic mass is 16.5. The van der Waals surface area contributed by atoms with Crippen molar-refractivity contribution in [1.29, 1.82) is 0 Å². The van der Waals surface area contributed by atoms with Crippen molar-refractivity contribution in [2.45, 2.75) is 59.0 Å². The fraction of sp³-hybridized carbons (Fsp3) is 0.917. The van der Waals surface area contributed by atoms with E-state index >= 15 is 0 Å². The average molecular weight is 216 g/mol. The summed E-state index contributed by atoms with van der Waals surface area (Å²) in [5.41, 5.74) is 0. The van der Waals surface area contributed by atoms with Gasteiger partial charge in [-0.1, -0.05) is 32.6 Å². The standard InChI is InChI=1S/C12H24O3/c1-4-6-7-8-9-11(10(3)13)12(14)15-5-2/h10-11,13H,4-9H2,1-3H3. The summed E-state index contributed by atoms with van der Waals surface area (Å²) in [5.74, 6) is -0.606. The molecule has 3 heteroatoms. The Morgan fingerprint density at radius 2 is 1.93 bits per heavy atom. The number of aliphatic hydroxyl groups is 1. The van der Waals surface area contributed by atoms with Gasteiger partial charge in [-0.25, -0.2) is 0 Å². The van der Waals surface area contributed by atoms with Gasteiger partial charge in [-0.05, 0) is 20.3 Å². The first-order valence-corrected chi connectivity index (χ1v) is 5.98. The van der Waals surface area contributed by atoms with Crippen LogP contribution in [0.4, 0.5) is 0 Å². The summed E-state index contributed by atoms with van der Waals surface area (Å²) in [4.78, 5) is 11.5. The lowest BCUT2D eigenvalue weighted by atomic mass is 9.96. The lowest BCUT2D eigenvalue weighted by Gasteiger charge is -2.17. The van der Waals surface area contributed by atoms with Gasteiger partial charge in [0.25, 0.3) is 0 Å². The number of unbranched alkanes of at least 4 members (excludes halogenated alkanes) is 3. The molecule has 0 rings (SSSR count). The molecule has 0 saturated heterocycles. The summed E-state index contributed by atoms with van der Waals surface area (Å²) in [6.07, 6.45) is 4.61. The van der Waals surface area contributed by atoms with Crippen LogP contribution < -0.4 is 0 Å². The highest BCUT2D eigenvalue weighted by molar-refractivity contribution is 5.72. The van der Waals surface area contributed by atoms with Crippen molar-refractivity contribution in [2.24, 2.45) is 5.92 Å².